The number of alkyl halides is 1. The minimum Gasteiger partial charge on any atom is -0.327 e. The Morgan fingerprint density at radius 3 is 1.91 bits per heavy atom. The molecule has 55 heavy (non-hydrogen) atoms. The predicted molar refractivity (Wildman–Crippen MR) is 233 cm³/mol. The summed E-state index contributed by atoms with van der Waals surface area (Å²) in [5, 5.41) is 7.90. The Labute approximate surface area is 323 Å². The van der Waals surface area contributed by atoms with E-state index in [2.05, 4.69) is 186 Å². The van der Waals surface area contributed by atoms with Gasteiger partial charge in [0, 0.05) is 40.7 Å². The van der Waals surface area contributed by atoms with E-state index in [1.807, 2.05) is 19.1 Å². The summed E-state index contributed by atoms with van der Waals surface area (Å²) in [6.07, 6.45) is 12.9. The number of aromatic nitrogens is 1. The molecule has 2 atom stereocenters. The van der Waals surface area contributed by atoms with Gasteiger partial charge in [0.05, 0.1) is 16.6 Å². The fourth-order valence-corrected chi connectivity index (χ4v) is 13.9. The minimum atomic E-state index is -2.88. The van der Waals surface area contributed by atoms with E-state index >= 15 is 0 Å². The van der Waals surface area contributed by atoms with Crippen LogP contribution in [0.15, 0.2) is 206 Å². The number of benzene rings is 6. The molecule has 0 saturated heterocycles. The van der Waals surface area contributed by atoms with Crippen LogP contribution in [0.1, 0.15) is 25.3 Å². The van der Waals surface area contributed by atoms with Crippen LogP contribution in [0.3, 0.4) is 0 Å². The average molecular weight is 729 g/mol. The van der Waals surface area contributed by atoms with Gasteiger partial charge in [-0.15, -0.1) is 0 Å². The van der Waals surface area contributed by atoms with Crippen molar-refractivity contribution in [3.63, 3.8) is 0 Å². The van der Waals surface area contributed by atoms with Gasteiger partial charge in [-0.3, -0.25) is 0 Å². The highest BCUT2D eigenvalue weighted by Crippen LogP contribution is 2.57. The lowest BCUT2D eigenvalue weighted by Crippen LogP contribution is -2.74. The third-order valence-electron chi connectivity index (χ3n) is 11.9. The van der Waals surface area contributed by atoms with E-state index in [1.54, 1.807) is 6.08 Å². The summed E-state index contributed by atoms with van der Waals surface area (Å²) in [6, 6.07) is 56.2. The first-order valence-electron chi connectivity index (χ1n) is 19.2. The van der Waals surface area contributed by atoms with Crippen molar-refractivity contribution in [3.05, 3.63) is 212 Å². The van der Waals surface area contributed by atoms with Gasteiger partial charge >= 0.3 is 0 Å². The molecule has 0 spiro atoms. The van der Waals surface area contributed by atoms with Crippen LogP contribution in [0.5, 0.6) is 0 Å². The first kappa shape index (κ1) is 33.3. The maximum atomic E-state index is 14.4. The summed E-state index contributed by atoms with van der Waals surface area (Å²) in [7, 11) is -2.88. The maximum Gasteiger partial charge on any atom is 0.179 e. The number of hydrogen-bond donors (Lipinski definition) is 0. The van der Waals surface area contributed by atoms with E-state index in [4.69, 9.17) is 0 Å². The lowest BCUT2D eigenvalue weighted by molar-refractivity contribution is 0.400. The van der Waals surface area contributed by atoms with Crippen molar-refractivity contribution >= 4 is 67.6 Å². The third kappa shape index (κ3) is 5.27. The van der Waals surface area contributed by atoms with Crippen LogP contribution < -0.4 is 25.6 Å². The molecule has 0 aliphatic heterocycles. The van der Waals surface area contributed by atoms with E-state index in [-0.39, 0.29) is 5.54 Å². The van der Waals surface area contributed by atoms with Gasteiger partial charge in [0.2, 0.25) is 0 Å². The molecule has 7 aromatic rings. The van der Waals surface area contributed by atoms with E-state index in [0.717, 1.165) is 34.6 Å². The van der Waals surface area contributed by atoms with Crippen molar-refractivity contribution < 1.29 is 4.39 Å². The summed E-state index contributed by atoms with van der Waals surface area (Å²) in [6.45, 7) is 6.16. The molecule has 266 valence electrons. The van der Waals surface area contributed by atoms with E-state index in [1.165, 1.54) is 48.1 Å². The first-order chi connectivity index (χ1) is 27.0. The number of fused-ring (bicyclic) bond motifs is 4. The lowest BCUT2D eigenvalue weighted by atomic mass is 10.1. The van der Waals surface area contributed by atoms with Crippen LogP contribution in [0.25, 0.3) is 27.4 Å². The fraction of sp³-hybridized carbons (Fsp3) is 0.0980. The largest absolute Gasteiger partial charge is 0.327 e. The van der Waals surface area contributed by atoms with Crippen molar-refractivity contribution in [2.75, 3.05) is 4.90 Å². The van der Waals surface area contributed by atoms with E-state index in [0.29, 0.717) is 6.42 Å². The lowest BCUT2D eigenvalue weighted by Gasteiger charge is -2.35. The molecule has 3 aliphatic carbocycles. The summed E-state index contributed by atoms with van der Waals surface area (Å²) in [5.41, 5.74) is 9.14. The number of rotatable bonds is 9. The molecule has 4 heteroatoms. The van der Waals surface area contributed by atoms with Gasteiger partial charge in [-0.2, -0.15) is 0 Å². The molecule has 2 unspecified atom stereocenters. The zero-order chi connectivity index (χ0) is 37.1. The number of hydrogen-bond acceptors (Lipinski definition) is 1. The van der Waals surface area contributed by atoms with Gasteiger partial charge in [-0.05, 0) is 87.4 Å². The van der Waals surface area contributed by atoms with Crippen molar-refractivity contribution in [1.29, 1.82) is 0 Å². The molecular weight excluding hydrogens is 688 g/mol. The molecule has 0 amide bonds. The molecule has 2 nitrogen and oxygen atoms in total. The van der Waals surface area contributed by atoms with Crippen LogP contribution >= 0.6 is 0 Å². The summed E-state index contributed by atoms with van der Waals surface area (Å²) in [4.78, 5) is 2.24. The molecule has 0 bridgehead atoms. The number of allylic oxidation sites excluding steroid dienone is 8. The highest BCUT2D eigenvalue weighted by atomic mass is 28.3. The highest BCUT2D eigenvalue weighted by Gasteiger charge is 2.51. The fourth-order valence-electron chi connectivity index (χ4n) is 9.20. The van der Waals surface area contributed by atoms with Crippen LogP contribution in [0.4, 0.5) is 15.8 Å². The monoisotopic (exact) mass is 728 g/mol. The zero-order valence-electron chi connectivity index (χ0n) is 30.9. The molecule has 0 radical (unpaired) electrons. The normalized spacial score (nSPS) is 18.6. The molecule has 1 fully saturated rings. The number of para-hydroxylation sites is 1. The Bertz CT molecular complexity index is 2700. The minimum absolute atomic E-state index is 0.0448. The van der Waals surface area contributed by atoms with Crippen LogP contribution in [-0.2, 0) is 5.54 Å². The molecule has 10 rings (SSSR count). The second kappa shape index (κ2) is 13.0. The second-order valence-corrected chi connectivity index (χ2v) is 19.0. The SMILES string of the molecule is C=C(C)c1ccc(N(C2=CCC(F)C=C2)c2ccc([Si](c3ccccc3)(c3ccccc3)c3ccc4c(c3)c3ccccc3n4C34C=CC=C3C4)cc2)cc1. The Kier molecular flexibility index (Phi) is 7.86. The standard InChI is InChI=1S/C51H41FN2Si/c1-36(2)37-19-23-40(24-20-37)53(41-25-21-39(52)22-26-41)42-27-29-45(30-28-42)55(43-13-5-3-6-14-43,44-15-7-4-8-16-44)46-31-32-50-48(34-46)47-17-9-10-18-49(47)54(50)51-33-11-12-38(51)35-51/h3-21,23-34,39H,1,22,35H2,2H3. The summed E-state index contributed by atoms with van der Waals surface area (Å²) in [5.74, 6) is 0. The Morgan fingerprint density at radius 1 is 0.709 bits per heavy atom. The van der Waals surface area contributed by atoms with Gasteiger partial charge < -0.3 is 9.47 Å². The van der Waals surface area contributed by atoms with Gasteiger partial charge in [0.1, 0.15) is 6.17 Å². The van der Waals surface area contributed by atoms with Crippen LogP contribution in [0, 0.1) is 0 Å². The molecule has 1 saturated carbocycles. The van der Waals surface area contributed by atoms with Crippen molar-refractivity contribution in [3.8, 4) is 0 Å². The average Bonchev–Trinajstić information content (AvgIpc) is 3.60. The smallest absolute Gasteiger partial charge is 0.179 e. The third-order valence-corrected chi connectivity index (χ3v) is 16.7. The first-order valence-corrected chi connectivity index (χ1v) is 21.2. The summed E-state index contributed by atoms with van der Waals surface area (Å²) >= 11 is 0. The zero-order valence-corrected chi connectivity index (χ0v) is 31.9. The van der Waals surface area contributed by atoms with E-state index in [9.17, 15) is 4.39 Å². The highest BCUT2D eigenvalue weighted by molar-refractivity contribution is 7.20. The maximum absolute atomic E-state index is 14.4. The molecule has 0 N–H and O–H groups in total. The Hall–Kier alpha value is -6.23. The topological polar surface area (TPSA) is 8.17 Å². The number of halogens is 1. The molecule has 1 aromatic heterocycles. The van der Waals surface area contributed by atoms with Gasteiger partial charge in [0.25, 0.3) is 0 Å². The van der Waals surface area contributed by atoms with Gasteiger partial charge in [-0.1, -0.05) is 152 Å². The van der Waals surface area contributed by atoms with E-state index < -0.39 is 14.2 Å². The quantitative estimate of drug-likeness (QED) is 0.106. The Balaban J connectivity index is 1.19. The molecule has 3 aliphatic rings. The molecule has 1 heterocycles. The van der Waals surface area contributed by atoms with Gasteiger partial charge in [0.15, 0.2) is 8.07 Å². The second-order valence-electron chi connectivity index (χ2n) is 15.2. The number of nitrogens with zero attached hydrogens (tertiary/aromatic N) is 2. The Morgan fingerprint density at radius 2 is 1.31 bits per heavy atom. The predicted octanol–water partition coefficient (Wildman–Crippen LogP) is 10.1. The molecular formula is C51H41FN2Si. The van der Waals surface area contributed by atoms with Crippen molar-refractivity contribution in [2.24, 2.45) is 0 Å². The molecule has 6 aromatic carbocycles. The van der Waals surface area contributed by atoms with Crippen molar-refractivity contribution in [1.82, 2.24) is 4.57 Å². The van der Waals surface area contributed by atoms with Gasteiger partial charge in [-0.25, -0.2) is 4.39 Å². The summed E-state index contributed by atoms with van der Waals surface area (Å²) < 4.78 is 16.9. The number of anilines is 2. The van der Waals surface area contributed by atoms with Crippen LogP contribution in [-0.4, -0.2) is 18.8 Å². The van der Waals surface area contributed by atoms with Crippen LogP contribution in [0.2, 0.25) is 0 Å². The van der Waals surface area contributed by atoms with Crippen molar-refractivity contribution in [2.45, 2.75) is 31.5 Å².